The second-order valence-electron chi connectivity index (χ2n) is 5.99. The molecule has 0 aliphatic carbocycles. The third-order valence-electron chi connectivity index (χ3n) is 4.55. The number of pyridine rings is 1. The van der Waals surface area contributed by atoms with Crippen molar-refractivity contribution in [3.63, 3.8) is 0 Å². The number of Topliss-reactive ketones (excluding diaryl/α,β-unsaturated/α-hetero) is 1. The smallest absolute Gasteiger partial charge is 0.227 e. The Labute approximate surface area is 140 Å². The number of carbonyl (C=O) groups is 1. The third-order valence-corrected chi connectivity index (χ3v) is 4.55. The molecule has 2 aromatic carbocycles. The van der Waals surface area contributed by atoms with Crippen molar-refractivity contribution >= 4 is 27.6 Å². The molecule has 0 fully saturated rings. The molecule has 0 bridgehead atoms. The lowest BCUT2D eigenvalue weighted by atomic mass is 10.1. The maximum absolute atomic E-state index is 12.6. The molecule has 0 saturated heterocycles. The van der Waals surface area contributed by atoms with E-state index in [9.17, 15) is 4.79 Å². The molecule has 2 aromatic heterocycles. The van der Waals surface area contributed by atoms with Crippen molar-refractivity contribution in [2.75, 3.05) is 0 Å². The summed E-state index contributed by atoms with van der Waals surface area (Å²) in [4.78, 5) is 16.1. The quantitative estimate of drug-likeness (QED) is 0.447. The van der Waals surface area contributed by atoms with Gasteiger partial charge in [0.05, 0.1) is 0 Å². The lowest BCUT2D eigenvalue weighted by Gasteiger charge is -2.04. The number of fused-ring (bicyclic) bond motifs is 3. The van der Waals surface area contributed by atoms with Crippen LogP contribution in [0.2, 0.25) is 0 Å². The standard InChI is InChI=1S/C21H18N2O/c1-2-19-21-17(16-10-6-7-11-18(16)22-21)12-13-23(19)14-20(24)15-8-4-3-5-9-15/h3-13H,2,14H2,1H3/p+1. The highest BCUT2D eigenvalue weighted by atomic mass is 16.1. The van der Waals surface area contributed by atoms with E-state index in [0.717, 1.165) is 28.7 Å². The van der Waals surface area contributed by atoms with E-state index < -0.39 is 0 Å². The van der Waals surface area contributed by atoms with Crippen LogP contribution < -0.4 is 4.57 Å². The number of nitrogens with zero attached hydrogens (tertiary/aromatic N) is 1. The maximum atomic E-state index is 12.6. The van der Waals surface area contributed by atoms with Gasteiger partial charge in [-0.15, -0.1) is 0 Å². The molecular weight excluding hydrogens is 296 g/mol. The number of aromatic nitrogens is 2. The molecule has 0 unspecified atom stereocenters. The summed E-state index contributed by atoms with van der Waals surface area (Å²) >= 11 is 0. The number of benzene rings is 2. The van der Waals surface area contributed by atoms with Gasteiger partial charge in [0.1, 0.15) is 5.52 Å². The lowest BCUT2D eigenvalue weighted by molar-refractivity contribution is -0.689. The fourth-order valence-corrected chi connectivity index (χ4v) is 3.36. The molecule has 0 radical (unpaired) electrons. The molecule has 0 aliphatic heterocycles. The number of para-hydroxylation sites is 1. The fraction of sp³-hybridized carbons (Fsp3) is 0.143. The van der Waals surface area contributed by atoms with E-state index in [1.54, 1.807) is 0 Å². The van der Waals surface area contributed by atoms with Crippen LogP contribution in [0.5, 0.6) is 0 Å². The van der Waals surface area contributed by atoms with Gasteiger partial charge in [-0.1, -0.05) is 55.5 Å². The molecule has 0 spiro atoms. The van der Waals surface area contributed by atoms with E-state index in [2.05, 4.69) is 40.7 Å². The number of aromatic amines is 1. The van der Waals surface area contributed by atoms with Crippen LogP contribution >= 0.6 is 0 Å². The Morgan fingerprint density at radius 3 is 2.50 bits per heavy atom. The van der Waals surface area contributed by atoms with Crippen LogP contribution in [0, 0.1) is 0 Å². The molecule has 1 N–H and O–H groups in total. The molecular formula is C21H19N2O+. The SMILES string of the molecule is CCc1c2[nH]c3ccccc3c2cc[n+]1CC(=O)c1ccccc1. The van der Waals surface area contributed by atoms with E-state index in [1.807, 2.05) is 42.6 Å². The Morgan fingerprint density at radius 1 is 0.958 bits per heavy atom. The number of hydrogen-bond donors (Lipinski definition) is 1. The highest BCUT2D eigenvalue weighted by Crippen LogP contribution is 2.26. The Hall–Kier alpha value is -2.94. The van der Waals surface area contributed by atoms with Gasteiger partial charge in [-0.3, -0.25) is 4.79 Å². The molecule has 3 nitrogen and oxygen atoms in total. The number of nitrogens with one attached hydrogen (secondary N) is 1. The van der Waals surface area contributed by atoms with E-state index >= 15 is 0 Å². The normalized spacial score (nSPS) is 11.2. The third kappa shape index (κ3) is 2.38. The average molecular weight is 315 g/mol. The van der Waals surface area contributed by atoms with E-state index in [-0.39, 0.29) is 5.78 Å². The summed E-state index contributed by atoms with van der Waals surface area (Å²) in [6.07, 6.45) is 2.90. The highest BCUT2D eigenvalue weighted by Gasteiger charge is 2.20. The molecule has 118 valence electrons. The molecule has 4 rings (SSSR count). The van der Waals surface area contributed by atoms with Crippen LogP contribution in [0.15, 0.2) is 66.9 Å². The van der Waals surface area contributed by atoms with Crippen LogP contribution in [0.1, 0.15) is 23.0 Å². The van der Waals surface area contributed by atoms with Gasteiger partial charge in [0.2, 0.25) is 18.0 Å². The first-order valence-corrected chi connectivity index (χ1v) is 8.28. The number of carbonyl (C=O) groups excluding carboxylic acids is 1. The average Bonchev–Trinajstić information content (AvgIpc) is 3.01. The largest absolute Gasteiger partial charge is 0.349 e. The molecule has 24 heavy (non-hydrogen) atoms. The van der Waals surface area contributed by atoms with Crippen molar-refractivity contribution in [1.29, 1.82) is 0 Å². The van der Waals surface area contributed by atoms with Gasteiger partial charge in [0, 0.05) is 34.3 Å². The number of H-pyrrole nitrogens is 1. The van der Waals surface area contributed by atoms with Crippen molar-refractivity contribution < 1.29 is 9.36 Å². The monoisotopic (exact) mass is 315 g/mol. The topological polar surface area (TPSA) is 36.7 Å². The molecule has 4 aromatic rings. The summed E-state index contributed by atoms with van der Waals surface area (Å²) in [5.74, 6) is 0.130. The predicted molar refractivity (Wildman–Crippen MR) is 96.2 cm³/mol. The van der Waals surface area contributed by atoms with Crippen LogP contribution in [0.3, 0.4) is 0 Å². The Bertz CT molecular complexity index is 1030. The first-order chi connectivity index (χ1) is 11.8. The Morgan fingerprint density at radius 2 is 1.71 bits per heavy atom. The van der Waals surface area contributed by atoms with Gasteiger partial charge in [-0.2, -0.15) is 4.57 Å². The Balaban J connectivity index is 1.81. The van der Waals surface area contributed by atoms with Gasteiger partial charge in [-0.05, 0) is 6.07 Å². The Kier molecular flexibility index (Phi) is 3.62. The predicted octanol–water partition coefficient (Wildman–Crippen LogP) is 4.05. The first-order valence-electron chi connectivity index (χ1n) is 8.28. The minimum Gasteiger partial charge on any atom is -0.349 e. The lowest BCUT2D eigenvalue weighted by Crippen LogP contribution is -2.41. The van der Waals surface area contributed by atoms with Crippen LogP contribution in [-0.4, -0.2) is 10.8 Å². The summed E-state index contributed by atoms with van der Waals surface area (Å²) in [7, 11) is 0. The number of ketones is 1. The summed E-state index contributed by atoms with van der Waals surface area (Å²) in [6.45, 7) is 2.49. The molecule has 2 heterocycles. The van der Waals surface area contributed by atoms with Crippen molar-refractivity contribution in [3.8, 4) is 0 Å². The first kappa shape index (κ1) is 14.6. The second-order valence-corrected chi connectivity index (χ2v) is 5.99. The van der Waals surface area contributed by atoms with Crippen LogP contribution in [-0.2, 0) is 13.0 Å². The summed E-state index contributed by atoms with van der Waals surface area (Å²) < 4.78 is 2.06. The molecule has 3 heteroatoms. The van der Waals surface area contributed by atoms with Crippen molar-refractivity contribution in [1.82, 2.24) is 4.98 Å². The highest BCUT2D eigenvalue weighted by molar-refractivity contribution is 6.07. The number of aryl methyl sites for hydroxylation is 1. The minimum absolute atomic E-state index is 0.130. The zero-order valence-electron chi connectivity index (χ0n) is 13.6. The summed E-state index contributed by atoms with van der Waals surface area (Å²) in [5, 5.41) is 2.44. The molecule has 0 atom stereocenters. The molecule has 0 aliphatic rings. The van der Waals surface area contributed by atoms with Gasteiger partial charge >= 0.3 is 0 Å². The van der Waals surface area contributed by atoms with E-state index in [0.29, 0.717) is 6.54 Å². The van der Waals surface area contributed by atoms with Gasteiger partial charge in [0.15, 0.2) is 6.20 Å². The summed E-state index contributed by atoms with van der Waals surface area (Å²) in [5.41, 5.74) is 4.17. The van der Waals surface area contributed by atoms with Crippen LogP contribution in [0.25, 0.3) is 21.8 Å². The number of hydrogen-bond acceptors (Lipinski definition) is 1. The molecule has 0 amide bonds. The van der Waals surface area contributed by atoms with E-state index in [4.69, 9.17) is 0 Å². The second kappa shape index (κ2) is 5.93. The van der Waals surface area contributed by atoms with Gasteiger partial charge in [-0.25, -0.2) is 0 Å². The minimum atomic E-state index is 0.130. The van der Waals surface area contributed by atoms with Crippen molar-refractivity contribution in [2.24, 2.45) is 0 Å². The zero-order valence-corrected chi connectivity index (χ0v) is 13.6. The van der Waals surface area contributed by atoms with Crippen molar-refractivity contribution in [3.05, 3.63) is 78.1 Å². The number of rotatable bonds is 4. The fourth-order valence-electron chi connectivity index (χ4n) is 3.36. The van der Waals surface area contributed by atoms with E-state index in [1.165, 1.54) is 10.8 Å². The maximum Gasteiger partial charge on any atom is 0.227 e. The van der Waals surface area contributed by atoms with Gasteiger partial charge < -0.3 is 4.98 Å². The van der Waals surface area contributed by atoms with Crippen LogP contribution in [0.4, 0.5) is 0 Å². The summed E-state index contributed by atoms with van der Waals surface area (Å²) in [6, 6.07) is 19.9. The zero-order chi connectivity index (χ0) is 16.5. The molecule has 0 saturated carbocycles. The van der Waals surface area contributed by atoms with Gasteiger partial charge in [0.25, 0.3) is 0 Å². The van der Waals surface area contributed by atoms with Crippen molar-refractivity contribution in [2.45, 2.75) is 19.9 Å².